The van der Waals surface area contributed by atoms with Gasteiger partial charge in [0.2, 0.25) is 0 Å². The van der Waals surface area contributed by atoms with E-state index in [1.807, 2.05) is 12.1 Å². The number of nitrogens with one attached hydrogen (secondary N) is 1. The van der Waals surface area contributed by atoms with Crippen molar-refractivity contribution in [2.45, 2.75) is 0 Å². The van der Waals surface area contributed by atoms with Crippen LogP contribution in [0, 0.1) is 0 Å². The summed E-state index contributed by atoms with van der Waals surface area (Å²) in [5.74, 6) is 0.219. The van der Waals surface area contributed by atoms with Crippen molar-refractivity contribution in [3.63, 3.8) is 0 Å². The highest BCUT2D eigenvalue weighted by Crippen LogP contribution is 2.35. The van der Waals surface area contributed by atoms with Gasteiger partial charge in [-0.05, 0) is 42.1 Å². The van der Waals surface area contributed by atoms with Crippen molar-refractivity contribution >= 4 is 57.9 Å². The van der Waals surface area contributed by atoms with Crippen LogP contribution >= 0.6 is 35.0 Å². The molecule has 2 amide bonds. The number of anilines is 1. The predicted octanol–water partition coefficient (Wildman–Crippen LogP) is 5.11. The van der Waals surface area contributed by atoms with Crippen LogP contribution in [0.1, 0.15) is 5.56 Å². The zero-order valence-corrected chi connectivity index (χ0v) is 16.0. The molecule has 1 saturated heterocycles. The van der Waals surface area contributed by atoms with E-state index in [0.29, 0.717) is 27.0 Å². The first-order valence-corrected chi connectivity index (χ1v) is 9.14. The van der Waals surface area contributed by atoms with E-state index in [4.69, 9.17) is 27.9 Å². The summed E-state index contributed by atoms with van der Waals surface area (Å²) < 4.78 is 5.24. The van der Waals surface area contributed by atoms with Gasteiger partial charge >= 0.3 is 0 Å². The Balaban J connectivity index is 1.78. The number of amides is 2. The number of imide groups is 1. The first-order valence-electron chi connectivity index (χ1n) is 7.57. The molecule has 5 nitrogen and oxygen atoms in total. The molecule has 0 aromatic heterocycles. The third-order valence-electron chi connectivity index (χ3n) is 3.68. The Morgan fingerprint density at radius 2 is 1.81 bits per heavy atom. The maximum absolute atomic E-state index is 12.6. The van der Waals surface area contributed by atoms with E-state index in [0.717, 1.165) is 16.7 Å². The standard InChI is InChI=1S/C18H14Cl2N2O3S/c1-25-15-8-3-2-7-14(15)21-10-22-17(23)16(26-18(22)24)9-11-12(19)5-4-6-13(11)20/h2-9,21H,10H2,1H3/b16-9+. The van der Waals surface area contributed by atoms with Crippen LogP contribution in [0.4, 0.5) is 10.5 Å². The van der Waals surface area contributed by atoms with Crippen molar-refractivity contribution in [3.8, 4) is 5.75 Å². The van der Waals surface area contributed by atoms with E-state index in [1.165, 1.54) is 0 Å². The zero-order valence-electron chi connectivity index (χ0n) is 13.7. The van der Waals surface area contributed by atoms with Gasteiger partial charge in [-0.2, -0.15) is 0 Å². The number of hydrogen-bond acceptors (Lipinski definition) is 5. The number of nitrogens with zero attached hydrogens (tertiary/aromatic N) is 1. The van der Waals surface area contributed by atoms with Gasteiger partial charge in [-0.3, -0.25) is 14.5 Å². The topological polar surface area (TPSA) is 58.6 Å². The van der Waals surface area contributed by atoms with Gasteiger partial charge in [0.05, 0.1) is 24.4 Å². The van der Waals surface area contributed by atoms with Crippen LogP contribution in [-0.4, -0.2) is 29.8 Å². The normalized spacial score (nSPS) is 15.7. The number of rotatable bonds is 5. The maximum Gasteiger partial charge on any atom is 0.295 e. The number of ether oxygens (including phenoxy) is 1. The Labute approximate surface area is 164 Å². The molecule has 0 aliphatic carbocycles. The number of thioether (sulfide) groups is 1. The van der Waals surface area contributed by atoms with E-state index >= 15 is 0 Å². The molecular formula is C18H14Cl2N2O3S. The molecule has 0 atom stereocenters. The van der Waals surface area contributed by atoms with Crippen molar-refractivity contribution < 1.29 is 14.3 Å². The summed E-state index contributed by atoms with van der Waals surface area (Å²) >= 11 is 13.1. The molecule has 1 N–H and O–H groups in total. The second-order valence-corrected chi connectivity index (χ2v) is 7.09. The lowest BCUT2D eigenvalue weighted by Gasteiger charge is -2.16. The first-order chi connectivity index (χ1) is 12.5. The second-order valence-electron chi connectivity index (χ2n) is 5.28. The Bertz CT molecular complexity index is 882. The minimum Gasteiger partial charge on any atom is -0.495 e. The van der Waals surface area contributed by atoms with Crippen LogP contribution in [0.3, 0.4) is 0 Å². The van der Waals surface area contributed by atoms with Crippen LogP contribution < -0.4 is 10.1 Å². The quantitative estimate of drug-likeness (QED) is 0.696. The Morgan fingerprint density at radius 1 is 1.12 bits per heavy atom. The average molecular weight is 409 g/mol. The Hall–Kier alpha value is -2.15. The molecule has 1 aliphatic heterocycles. The number of benzene rings is 2. The fourth-order valence-electron chi connectivity index (χ4n) is 2.37. The fraction of sp³-hybridized carbons (Fsp3) is 0.111. The molecule has 26 heavy (non-hydrogen) atoms. The molecule has 1 heterocycles. The largest absolute Gasteiger partial charge is 0.495 e. The molecule has 8 heteroatoms. The summed E-state index contributed by atoms with van der Waals surface area (Å²) in [5.41, 5.74) is 1.20. The van der Waals surface area contributed by atoms with Gasteiger partial charge in [-0.25, -0.2) is 0 Å². The predicted molar refractivity (Wildman–Crippen MR) is 106 cm³/mol. The van der Waals surface area contributed by atoms with E-state index in [9.17, 15) is 9.59 Å². The van der Waals surface area contributed by atoms with Gasteiger partial charge in [0.15, 0.2) is 0 Å². The Kier molecular flexibility index (Phi) is 5.76. The number of carbonyl (C=O) groups excluding carboxylic acids is 2. The molecule has 2 aromatic rings. The molecule has 1 aliphatic rings. The van der Waals surface area contributed by atoms with Crippen LogP contribution in [0.5, 0.6) is 5.75 Å². The minimum atomic E-state index is -0.404. The summed E-state index contributed by atoms with van der Waals surface area (Å²) in [6.07, 6.45) is 1.54. The van der Waals surface area contributed by atoms with Crippen molar-refractivity contribution in [3.05, 3.63) is 63.0 Å². The molecular weight excluding hydrogens is 395 g/mol. The molecule has 0 saturated carbocycles. The third-order valence-corrected chi connectivity index (χ3v) is 5.25. The molecule has 134 valence electrons. The first kappa shape index (κ1) is 18.6. The van der Waals surface area contributed by atoms with E-state index in [2.05, 4.69) is 5.32 Å². The maximum atomic E-state index is 12.6. The molecule has 3 rings (SSSR count). The third kappa shape index (κ3) is 3.82. The lowest BCUT2D eigenvalue weighted by Crippen LogP contribution is -2.33. The molecule has 0 radical (unpaired) electrons. The van der Waals surface area contributed by atoms with Crippen LogP contribution in [0.15, 0.2) is 47.4 Å². The number of hydrogen-bond donors (Lipinski definition) is 1. The SMILES string of the molecule is COc1ccccc1NCN1C(=O)S/C(=C/c2c(Cl)cccc2Cl)C1=O. The van der Waals surface area contributed by atoms with E-state index in [1.54, 1.807) is 43.5 Å². The fourth-order valence-corrected chi connectivity index (χ4v) is 3.70. The van der Waals surface area contributed by atoms with Crippen LogP contribution in [0.25, 0.3) is 6.08 Å². The molecule has 0 bridgehead atoms. The molecule has 0 unspecified atom stereocenters. The lowest BCUT2D eigenvalue weighted by atomic mass is 10.2. The van der Waals surface area contributed by atoms with Gasteiger partial charge in [-0.15, -0.1) is 0 Å². The number of carbonyl (C=O) groups is 2. The Morgan fingerprint density at radius 3 is 2.50 bits per heavy atom. The van der Waals surface area contributed by atoms with Crippen LogP contribution in [0.2, 0.25) is 10.0 Å². The average Bonchev–Trinajstić information content (AvgIpc) is 2.90. The van der Waals surface area contributed by atoms with Crippen molar-refractivity contribution in [1.29, 1.82) is 0 Å². The van der Waals surface area contributed by atoms with E-state index in [-0.39, 0.29) is 16.8 Å². The monoisotopic (exact) mass is 408 g/mol. The van der Waals surface area contributed by atoms with Gasteiger partial charge in [0, 0.05) is 15.6 Å². The van der Waals surface area contributed by atoms with Gasteiger partial charge in [0.1, 0.15) is 5.75 Å². The van der Waals surface area contributed by atoms with Crippen LogP contribution in [-0.2, 0) is 4.79 Å². The van der Waals surface area contributed by atoms with Crippen molar-refractivity contribution in [1.82, 2.24) is 4.90 Å². The molecule has 2 aromatic carbocycles. The number of para-hydroxylation sites is 2. The van der Waals surface area contributed by atoms with Crippen molar-refractivity contribution in [2.24, 2.45) is 0 Å². The molecule has 0 spiro atoms. The highest BCUT2D eigenvalue weighted by molar-refractivity contribution is 8.18. The van der Waals surface area contributed by atoms with E-state index < -0.39 is 5.91 Å². The van der Waals surface area contributed by atoms with Gasteiger partial charge in [0.25, 0.3) is 11.1 Å². The summed E-state index contributed by atoms with van der Waals surface area (Å²) in [6.45, 7) is 0.0264. The van der Waals surface area contributed by atoms with Crippen molar-refractivity contribution in [2.75, 3.05) is 19.1 Å². The molecule has 1 fully saturated rings. The summed E-state index contributed by atoms with van der Waals surface area (Å²) in [4.78, 5) is 26.2. The lowest BCUT2D eigenvalue weighted by molar-refractivity contribution is -0.122. The number of halogens is 2. The van der Waals surface area contributed by atoms with Gasteiger partial charge in [-0.1, -0.05) is 41.4 Å². The highest BCUT2D eigenvalue weighted by Gasteiger charge is 2.35. The summed E-state index contributed by atoms with van der Waals surface area (Å²) in [6, 6.07) is 12.3. The minimum absolute atomic E-state index is 0.0264. The number of methoxy groups -OCH3 is 1. The van der Waals surface area contributed by atoms with Gasteiger partial charge < -0.3 is 10.1 Å². The zero-order chi connectivity index (χ0) is 18.7. The summed E-state index contributed by atoms with van der Waals surface area (Å²) in [5, 5.41) is 3.50. The smallest absolute Gasteiger partial charge is 0.295 e. The summed E-state index contributed by atoms with van der Waals surface area (Å²) in [7, 11) is 1.55. The highest BCUT2D eigenvalue weighted by atomic mass is 35.5. The second kappa shape index (κ2) is 8.03.